The topological polar surface area (TPSA) is 58.2 Å². The van der Waals surface area contributed by atoms with Crippen molar-refractivity contribution >= 4 is 29.1 Å². The third-order valence-corrected chi connectivity index (χ3v) is 3.10. The number of carbonyl (C=O) groups is 2. The van der Waals surface area contributed by atoms with E-state index in [-0.39, 0.29) is 11.8 Å². The van der Waals surface area contributed by atoms with Gasteiger partial charge in [0.05, 0.1) is 0 Å². The first-order valence-corrected chi connectivity index (χ1v) is 6.93. The molecule has 0 saturated carbocycles. The summed E-state index contributed by atoms with van der Waals surface area (Å²) in [5.74, 6) is -0.356. The highest BCUT2D eigenvalue weighted by Crippen LogP contribution is 2.13. The molecular weight excluding hydrogens is 288 g/mol. The van der Waals surface area contributed by atoms with E-state index < -0.39 is 0 Å². The molecule has 0 bridgehead atoms. The van der Waals surface area contributed by atoms with E-state index in [4.69, 9.17) is 11.6 Å². The molecule has 2 N–H and O–H groups in total. The van der Waals surface area contributed by atoms with Crippen molar-refractivity contribution in [3.05, 3.63) is 64.7 Å². The molecule has 2 amide bonds. The molecule has 0 aliphatic rings. The Morgan fingerprint density at radius 2 is 1.43 bits per heavy atom. The molecule has 0 unspecified atom stereocenters. The van der Waals surface area contributed by atoms with Gasteiger partial charge in [-0.1, -0.05) is 11.6 Å². The predicted octanol–water partition coefficient (Wildman–Crippen LogP) is 3.34. The van der Waals surface area contributed by atoms with Gasteiger partial charge in [-0.3, -0.25) is 9.59 Å². The van der Waals surface area contributed by atoms with Gasteiger partial charge >= 0.3 is 0 Å². The van der Waals surface area contributed by atoms with E-state index in [1.165, 1.54) is 0 Å². The first kappa shape index (κ1) is 15.1. The van der Waals surface area contributed by atoms with Crippen molar-refractivity contribution in [3.63, 3.8) is 0 Å². The number of carbonyl (C=O) groups excluding carboxylic acids is 2. The smallest absolute Gasteiger partial charge is 0.255 e. The summed E-state index contributed by atoms with van der Waals surface area (Å²) in [6.07, 6.45) is 0. The fraction of sp³-hybridized carbons (Fsp3) is 0.125. The van der Waals surface area contributed by atoms with Gasteiger partial charge in [-0.05, 0) is 55.5 Å². The van der Waals surface area contributed by atoms with Crippen molar-refractivity contribution in [1.29, 1.82) is 0 Å². The standard InChI is InChI=1S/C16H15ClN2O2/c1-2-18-15(20)11-5-9-14(10-6-11)19-16(21)12-3-7-13(17)8-4-12/h3-10H,2H2,1H3,(H,18,20)(H,19,21). The Morgan fingerprint density at radius 3 is 2.00 bits per heavy atom. The van der Waals surface area contributed by atoms with Crippen LogP contribution in [0.2, 0.25) is 5.02 Å². The number of hydrogen-bond donors (Lipinski definition) is 2. The van der Waals surface area contributed by atoms with Crippen LogP contribution in [0.3, 0.4) is 0 Å². The molecule has 2 aromatic rings. The molecule has 0 fully saturated rings. The van der Waals surface area contributed by atoms with E-state index in [1.54, 1.807) is 48.5 Å². The average molecular weight is 303 g/mol. The van der Waals surface area contributed by atoms with Gasteiger partial charge in [0.2, 0.25) is 0 Å². The van der Waals surface area contributed by atoms with E-state index in [0.717, 1.165) is 0 Å². The van der Waals surface area contributed by atoms with Gasteiger partial charge in [-0.15, -0.1) is 0 Å². The molecule has 0 aromatic heterocycles. The van der Waals surface area contributed by atoms with Gasteiger partial charge < -0.3 is 10.6 Å². The summed E-state index contributed by atoms with van der Waals surface area (Å²) in [5, 5.41) is 6.06. The zero-order valence-corrected chi connectivity index (χ0v) is 12.3. The summed E-state index contributed by atoms with van der Waals surface area (Å²) < 4.78 is 0. The molecule has 0 spiro atoms. The lowest BCUT2D eigenvalue weighted by Crippen LogP contribution is -2.22. The van der Waals surface area contributed by atoms with Gasteiger partial charge in [0.25, 0.3) is 11.8 Å². The zero-order chi connectivity index (χ0) is 15.2. The number of nitrogens with one attached hydrogen (secondary N) is 2. The summed E-state index contributed by atoms with van der Waals surface area (Å²) in [6.45, 7) is 2.44. The molecule has 2 rings (SSSR count). The lowest BCUT2D eigenvalue weighted by molar-refractivity contribution is 0.0955. The minimum Gasteiger partial charge on any atom is -0.352 e. The second kappa shape index (κ2) is 6.90. The van der Waals surface area contributed by atoms with Crippen LogP contribution < -0.4 is 10.6 Å². The van der Waals surface area contributed by atoms with Gasteiger partial charge in [-0.2, -0.15) is 0 Å². The maximum atomic E-state index is 12.0. The van der Waals surface area contributed by atoms with Crippen LogP contribution in [-0.4, -0.2) is 18.4 Å². The van der Waals surface area contributed by atoms with E-state index in [9.17, 15) is 9.59 Å². The van der Waals surface area contributed by atoms with E-state index in [2.05, 4.69) is 10.6 Å². The van der Waals surface area contributed by atoms with Gasteiger partial charge in [0.1, 0.15) is 0 Å². The molecule has 4 nitrogen and oxygen atoms in total. The third-order valence-electron chi connectivity index (χ3n) is 2.85. The summed E-state index contributed by atoms with van der Waals surface area (Å²) in [7, 11) is 0. The lowest BCUT2D eigenvalue weighted by atomic mass is 10.1. The minimum absolute atomic E-state index is 0.131. The Hall–Kier alpha value is -2.33. The number of benzene rings is 2. The van der Waals surface area contributed by atoms with Crippen molar-refractivity contribution in [2.45, 2.75) is 6.92 Å². The van der Waals surface area contributed by atoms with Crippen LogP contribution >= 0.6 is 11.6 Å². The van der Waals surface area contributed by atoms with E-state index >= 15 is 0 Å². The highest BCUT2D eigenvalue weighted by Gasteiger charge is 2.07. The van der Waals surface area contributed by atoms with Crippen LogP contribution in [0, 0.1) is 0 Å². The van der Waals surface area contributed by atoms with Crippen LogP contribution in [0.15, 0.2) is 48.5 Å². The monoisotopic (exact) mass is 302 g/mol. The number of amides is 2. The fourth-order valence-corrected chi connectivity index (χ4v) is 1.90. The van der Waals surface area contributed by atoms with Gasteiger partial charge in [-0.25, -0.2) is 0 Å². The van der Waals surface area contributed by atoms with E-state index in [0.29, 0.717) is 28.4 Å². The van der Waals surface area contributed by atoms with Crippen molar-refractivity contribution < 1.29 is 9.59 Å². The summed E-state index contributed by atoms with van der Waals surface area (Å²) in [4.78, 5) is 23.6. The molecule has 0 heterocycles. The van der Waals surface area contributed by atoms with Crippen molar-refractivity contribution in [3.8, 4) is 0 Å². The Kier molecular flexibility index (Phi) is 4.95. The maximum absolute atomic E-state index is 12.0. The predicted molar refractivity (Wildman–Crippen MR) is 83.9 cm³/mol. The van der Waals surface area contributed by atoms with Gasteiger partial charge in [0.15, 0.2) is 0 Å². The molecule has 0 aliphatic carbocycles. The lowest BCUT2D eigenvalue weighted by Gasteiger charge is -2.07. The van der Waals surface area contributed by atoms with E-state index in [1.807, 2.05) is 6.92 Å². The van der Waals surface area contributed by atoms with Crippen LogP contribution in [-0.2, 0) is 0 Å². The number of anilines is 1. The first-order chi connectivity index (χ1) is 10.1. The highest BCUT2D eigenvalue weighted by molar-refractivity contribution is 6.30. The second-order valence-corrected chi connectivity index (χ2v) is 4.83. The van der Waals surface area contributed by atoms with Gasteiger partial charge in [0, 0.05) is 28.4 Å². The van der Waals surface area contributed by atoms with Crippen molar-refractivity contribution in [1.82, 2.24) is 5.32 Å². The summed E-state index contributed by atoms with van der Waals surface area (Å²) in [5.41, 5.74) is 1.71. The molecule has 21 heavy (non-hydrogen) atoms. The van der Waals surface area contributed by atoms with Crippen LogP contribution in [0.25, 0.3) is 0 Å². The molecule has 2 aromatic carbocycles. The van der Waals surface area contributed by atoms with Crippen LogP contribution in [0.5, 0.6) is 0 Å². The SMILES string of the molecule is CCNC(=O)c1ccc(NC(=O)c2ccc(Cl)cc2)cc1. The first-order valence-electron chi connectivity index (χ1n) is 6.55. The number of rotatable bonds is 4. The number of hydrogen-bond acceptors (Lipinski definition) is 2. The molecular formula is C16H15ClN2O2. The molecule has 108 valence electrons. The Labute approximate surface area is 128 Å². The Morgan fingerprint density at radius 1 is 0.905 bits per heavy atom. The second-order valence-electron chi connectivity index (χ2n) is 4.40. The maximum Gasteiger partial charge on any atom is 0.255 e. The molecule has 0 aliphatic heterocycles. The van der Waals surface area contributed by atoms with Crippen LogP contribution in [0.1, 0.15) is 27.6 Å². The molecule has 5 heteroatoms. The summed E-state index contributed by atoms with van der Waals surface area (Å²) >= 11 is 5.78. The highest BCUT2D eigenvalue weighted by atomic mass is 35.5. The fourth-order valence-electron chi connectivity index (χ4n) is 1.77. The molecule has 0 radical (unpaired) electrons. The quantitative estimate of drug-likeness (QED) is 0.910. The largest absolute Gasteiger partial charge is 0.352 e. The Bertz CT molecular complexity index is 636. The minimum atomic E-state index is -0.225. The van der Waals surface area contributed by atoms with Crippen molar-refractivity contribution in [2.24, 2.45) is 0 Å². The average Bonchev–Trinajstić information content (AvgIpc) is 2.49. The number of halogens is 1. The molecule has 0 saturated heterocycles. The Balaban J connectivity index is 2.04. The van der Waals surface area contributed by atoms with Crippen molar-refractivity contribution in [2.75, 3.05) is 11.9 Å². The van der Waals surface area contributed by atoms with Crippen LogP contribution in [0.4, 0.5) is 5.69 Å². The third kappa shape index (κ3) is 4.07. The molecule has 0 atom stereocenters. The normalized spacial score (nSPS) is 10.0. The summed E-state index contributed by atoms with van der Waals surface area (Å²) in [6, 6.07) is 13.4. The zero-order valence-electron chi connectivity index (χ0n) is 11.5.